The predicted octanol–water partition coefficient (Wildman–Crippen LogP) is 3.37. The van der Waals surface area contributed by atoms with Gasteiger partial charge < -0.3 is 10.0 Å². The minimum atomic E-state index is -1.29. The third kappa shape index (κ3) is 3.54. The normalized spacial score (nSPS) is 10.9. The van der Waals surface area contributed by atoms with Gasteiger partial charge in [-0.3, -0.25) is 14.6 Å². The van der Waals surface area contributed by atoms with Crippen molar-refractivity contribution in [2.45, 2.75) is 0 Å². The molecule has 0 saturated carbocycles. The number of aromatic nitrogens is 2. The fourth-order valence-corrected chi connectivity index (χ4v) is 4.29. The van der Waals surface area contributed by atoms with E-state index in [1.807, 2.05) is 6.07 Å². The molecule has 4 aromatic rings. The predicted molar refractivity (Wildman–Crippen MR) is 119 cm³/mol. The standard InChI is InChI=1S/C21H14ClN3O5S/c1-24(12-5-3-2-4-6-12)18(26)11-7-8-14(22)15(9-11)25-19(27)16-13(20(28)29)10-31-17(16)23-21(25)30/h2-10H,1H3,(H,23,30)(H,28,29). The van der Waals surface area contributed by atoms with Gasteiger partial charge in [0.15, 0.2) is 0 Å². The zero-order valence-electron chi connectivity index (χ0n) is 16.0. The smallest absolute Gasteiger partial charge is 0.337 e. The lowest BCUT2D eigenvalue weighted by atomic mass is 10.1. The first-order chi connectivity index (χ1) is 14.8. The van der Waals surface area contributed by atoms with E-state index in [-0.39, 0.29) is 38.0 Å². The number of benzene rings is 2. The minimum absolute atomic E-state index is 0.0235. The Morgan fingerprint density at radius 3 is 2.52 bits per heavy atom. The molecule has 0 bridgehead atoms. The summed E-state index contributed by atoms with van der Waals surface area (Å²) in [7, 11) is 1.60. The lowest BCUT2D eigenvalue weighted by molar-refractivity contribution is 0.0699. The Hall–Kier alpha value is -3.69. The van der Waals surface area contributed by atoms with E-state index in [2.05, 4.69) is 4.98 Å². The van der Waals surface area contributed by atoms with Gasteiger partial charge in [-0.15, -0.1) is 11.3 Å². The highest BCUT2D eigenvalue weighted by atomic mass is 35.5. The lowest BCUT2D eigenvalue weighted by Crippen LogP contribution is -2.34. The van der Waals surface area contributed by atoms with Crippen LogP contribution < -0.4 is 16.1 Å². The quantitative estimate of drug-likeness (QED) is 0.490. The average molecular weight is 456 g/mol. The number of carboxylic acids is 1. The number of hydrogen-bond acceptors (Lipinski definition) is 5. The lowest BCUT2D eigenvalue weighted by Gasteiger charge is -2.18. The van der Waals surface area contributed by atoms with E-state index in [0.717, 1.165) is 15.9 Å². The zero-order chi connectivity index (χ0) is 22.3. The van der Waals surface area contributed by atoms with Crippen LogP contribution in [0.3, 0.4) is 0 Å². The molecular formula is C21H14ClN3O5S. The molecule has 8 nitrogen and oxygen atoms in total. The molecule has 2 heterocycles. The maximum atomic E-state index is 13.1. The molecule has 2 aromatic heterocycles. The number of aromatic amines is 1. The van der Waals surface area contributed by atoms with E-state index >= 15 is 0 Å². The van der Waals surface area contributed by atoms with Crippen molar-refractivity contribution in [3.8, 4) is 5.69 Å². The largest absolute Gasteiger partial charge is 0.478 e. The second-order valence-corrected chi connectivity index (χ2v) is 7.88. The van der Waals surface area contributed by atoms with E-state index in [1.54, 1.807) is 31.3 Å². The van der Waals surface area contributed by atoms with E-state index in [4.69, 9.17) is 11.6 Å². The summed E-state index contributed by atoms with van der Waals surface area (Å²) < 4.78 is 0.739. The number of nitrogens with one attached hydrogen (secondary N) is 1. The van der Waals surface area contributed by atoms with Crippen molar-refractivity contribution < 1.29 is 14.7 Å². The molecule has 156 valence electrons. The van der Waals surface area contributed by atoms with Gasteiger partial charge in [-0.05, 0) is 30.3 Å². The summed E-state index contributed by atoms with van der Waals surface area (Å²) in [6.45, 7) is 0. The molecular weight excluding hydrogens is 442 g/mol. The summed E-state index contributed by atoms with van der Waals surface area (Å²) in [5.74, 6) is -1.67. The number of halogens is 1. The van der Waals surface area contributed by atoms with Crippen molar-refractivity contribution >= 4 is 50.7 Å². The van der Waals surface area contributed by atoms with E-state index in [0.29, 0.717) is 5.69 Å². The summed E-state index contributed by atoms with van der Waals surface area (Å²) in [5.41, 5.74) is -1.02. The maximum Gasteiger partial charge on any atom is 0.337 e. The summed E-state index contributed by atoms with van der Waals surface area (Å²) in [4.78, 5) is 54.2. The Balaban J connectivity index is 1.88. The van der Waals surface area contributed by atoms with Gasteiger partial charge in [-0.25, -0.2) is 14.2 Å². The molecule has 10 heteroatoms. The fourth-order valence-electron chi connectivity index (χ4n) is 3.18. The highest BCUT2D eigenvalue weighted by Crippen LogP contribution is 2.24. The van der Waals surface area contributed by atoms with Crippen LogP contribution in [0, 0.1) is 0 Å². The van der Waals surface area contributed by atoms with Crippen molar-refractivity contribution in [3.05, 3.63) is 90.9 Å². The maximum absolute atomic E-state index is 13.1. The van der Waals surface area contributed by atoms with Gasteiger partial charge in [0.1, 0.15) is 4.83 Å². The number of amides is 1. The number of fused-ring (bicyclic) bond motifs is 1. The van der Waals surface area contributed by atoms with Gasteiger partial charge in [0.2, 0.25) is 0 Å². The number of thiophene rings is 1. The van der Waals surface area contributed by atoms with E-state index < -0.39 is 17.2 Å². The SMILES string of the molecule is CN(C(=O)c1ccc(Cl)c(-n2c(=O)[nH]c3scc(C(=O)O)c3c2=O)c1)c1ccccc1. The molecule has 0 aliphatic heterocycles. The van der Waals surface area contributed by atoms with Crippen molar-refractivity contribution in [1.82, 2.24) is 9.55 Å². The molecule has 1 amide bonds. The van der Waals surface area contributed by atoms with Crippen molar-refractivity contribution in [2.24, 2.45) is 0 Å². The molecule has 0 atom stereocenters. The molecule has 31 heavy (non-hydrogen) atoms. The molecule has 0 aliphatic rings. The minimum Gasteiger partial charge on any atom is -0.478 e. The molecule has 0 spiro atoms. The highest BCUT2D eigenvalue weighted by molar-refractivity contribution is 7.17. The Morgan fingerprint density at radius 1 is 1.13 bits per heavy atom. The van der Waals surface area contributed by atoms with Crippen molar-refractivity contribution in [1.29, 1.82) is 0 Å². The van der Waals surface area contributed by atoms with Crippen LogP contribution in [-0.2, 0) is 0 Å². The summed E-state index contributed by atoms with van der Waals surface area (Å²) >= 11 is 7.20. The Labute approximate surface area is 183 Å². The molecule has 4 rings (SSSR count). The van der Waals surface area contributed by atoms with Crippen LogP contribution in [0.2, 0.25) is 5.02 Å². The van der Waals surface area contributed by atoms with Gasteiger partial charge >= 0.3 is 11.7 Å². The van der Waals surface area contributed by atoms with Gasteiger partial charge in [0.25, 0.3) is 11.5 Å². The number of aromatic carboxylic acids is 1. The topological polar surface area (TPSA) is 112 Å². The fraction of sp³-hybridized carbons (Fsp3) is 0.0476. The van der Waals surface area contributed by atoms with Crippen LogP contribution in [0.5, 0.6) is 0 Å². The monoisotopic (exact) mass is 455 g/mol. The number of carboxylic acid groups (broad SMARTS) is 1. The highest BCUT2D eigenvalue weighted by Gasteiger charge is 2.21. The number of anilines is 1. The number of para-hydroxylation sites is 1. The van der Waals surface area contributed by atoms with Crippen LogP contribution in [-0.4, -0.2) is 33.6 Å². The first-order valence-electron chi connectivity index (χ1n) is 8.92. The van der Waals surface area contributed by atoms with Crippen LogP contribution in [0.25, 0.3) is 15.9 Å². The third-order valence-electron chi connectivity index (χ3n) is 4.74. The molecule has 0 saturated heterocycles. The van der Waals surface area contributed by atoms with Gasteiger partial charge in [-0.1, -0.05) is 29.8 Å². The Bertz CT molecular complexity index is 1460. The van der Waals surface area contributed by atoms with Crippen molar-refractivity contribution in [2.75, 3.05) is 11.9 Å². The van der Waals surface area contributed by atoms with Gasteiger partial charge in [0, 0.05) is 23.7 Å². The van der Waals surface area contributed by atoms with Crippen LogP contribution in [0.1, 0.15) is 20.7 Å². The zero-order valence-corrected chi connectivity index (χ0v) is 17.5. The molecule has 2 aromatic carbocycles. The van der Waals surface area contributed by atoms with Crippen LogP contribution >= 0.6 is 22.9 Å². The number of carbonyl (C=O) groups is 2. The first-order valence-corrected chi connectivity index (χ1v) is 10.2. The van der Waals surface area contributed by atoms with E-state index in [9.17, 15) is 24.3 Å². The Kier molecular flexibility index (Phi) is 5.22. The first kappa shape index (κ1) is 20.6. The second-order valence-electron chi connectivity index (χ2n) is 6.60. The number of H-pyrrole nitrogens is 1. The number of hydrogen-bond donors (Lipinski definition) is 2. The third-order valence-corrected chi connectivity index (χ3v) is 5.96. The summed E-state index contributed by atoms with van der Waals surface area (Å²) in [6, 6.07) is 13.2. The molecule has 0 radical (unpaired) electrons. The summed E-state index contributed by atoms with van der Waals surface area (Å²) in [6.07, 6.45) is 0. The number of carbonyl (C=O) groups excluding carboxylic acids is 1. The molecule has 0 aliphatic carbocycles. The molecule has 0 fully saturated rings. The van der Waals surface area contributed by atoms with Crippen LogP contribution in [0.15, 0.2) is 63.5 Å². The van der Waals surface area contributed by atoms with Gasteiger partial charge in [-0.2, -0.15) is 0 Å². The summed E-state index contributed by atoms with van der Waals surface area (Å²) in [5, 5.41) is 10.6. The Morgan fingerprint density at radius 2 is 1.84 bits per heavy atom. The molecule has 2 N–H and O–H groups in total. The average Bonchev–Trinajstić information content (AvgIpc) is 3.19. The van der Waals surface area contributed by atoms with Crippen molar-refractivity contribution in [3.63, 3.8) is 0 Å². The number of rotatable bonds is 4. The van der Waals surface area contributed by atoms with Crippen LogP contribution in [0.4, 0.5) is 5.69 Å². The molecule has 0 unspecified atom stereocenters. The van der Waals surface area contributed by atoms with Gasteiger partial charge in [0.05, 0.1) is 21.7 Å². The van der Waals surface area contributed by atoms with E-state index in [1.165, 1.54) is 28.5 Å². The number of nitrogens with zero attached hydrogens (tertiary/aromatic N) is 2. The second kappa shape index (κ2) is 7.86.